The number of halogens is 8. The average molecular weight is 809 g/mol. The monoisotopic (exact) mass is 806 g/mol. The summed E-state index contributed by atoms with van der Waals surface area (Å²) in [5.74, 6) is 0. The molecule has 0 heterocycles. The summed E-state index contributed by atoms with van der Waals surface area (Å²) < 4.78 is 91.0. The minimum Gasteiger partial charge on any atom is -0.147 e. The molecule has 6 rings (SSSR count). The van der Waals surface area contributed by atoms with Crippen LogP contribution in [0.4, 0.5) is 26.3 Å². The van der Waals surface area contributed by atoms with Crippen LogP contribution in [0.15, 0.2) is 100 Å². The van der Waals surface area contributed by atoms with Crippen LogP contribution in [0.5, 0.6) is 0 Å². The molecule has 4 aromatic rings. The standard InChI is InChI=1S/C21H25.C15H8F6.C5H5.2ClH.Zr/c1-20(2,3)16-9-7-14-11-15-8-10-17(21(4,5)6)13-19(15)18(14)12-16;16-14(17,18)12-7-3-1-5-10(12)9-11-6-2-4-8-13(11)15(19,20)21;1-2-4-5-3-1;;;/h7,9-10,12-13H,11H2,1-6H3;1-8H;1-3H,4H2;2*1H;. The fraction of sp³-hybridized carbons (Fsp3) is 0.293. The van der Waals surface area contributed by atoms with Gasteiger partial charge in [0.1, 0.15) is 0 Å². The summed E-state index contributed by atoms with van der Waals surface area (Å²) in [5.41, 5.74) is 3.89. The van der Waals surface area contributed by atoms with Crippen LogP contribution in [0.1, 0.15) is 92.5 Å². The summed E-state index contributed by atoms with van der Waals surface area (Å²) in [4.78, 5) is 0. The van der Waals surface area contributed by atoms with Crippen molar-refractivity contribution in [3.05, 3.63) is 145 Å². The Hall–Kier alpha value is -2.73. The van der Waals surface area contributed by atoms with E-state index in [1.165, 1.54) is 42.0 Å². The Balaban J connectivity index is 0.00000281. The molecule has 4 aromatic carbocycles. The van der Waals surface area contributed by atoms with E-state index in [4.69, 9.17) is 0 Å². The van der Waals surface area contributed by atoms with Crippen molar-refractivity contribution in [2.75, 3.05) is 0 Å². The number of hydrogen-bond donors (Lipinski definition) is 0. The predicted octanol–water partition coefficient (Wildman–Crippen LogP) is 12.1. The molecule has 0 N–H and O–H groups in total. The van der Waals surface area contributed by atoms with Gasteiger partial charge in [-0.05, 0) is 0 Å². The Kier molecular flexibility index (Phi) is 11.5. The Bertz CT molecular complexity index is 1960. The van der Waals surface area contributed by atoms with Crippen LogP contribution in [0.25, 0.3) is 11.1 Å². The zero-order valence-electron chi connectivity index (χ0n) is 28.7. The second-order valence-corrected chi connectivity index (χ2v) is 20.7. The molecule has 2 aliphatic carbocycles. The third kappa shape index (κ3) is 7.71. The second-order valence-electron chi connectivity index (χ2n) is 14.8. The quantitative estimate of drug-likeness (QED) is 0.159. The summed E-state index contributed by atoms with van der Waals surface area (Å²) in [7, 11) is 0. The van der Waals surface area contributed by atoms with E-state index in [0.717, 1.165) is 46.5 Å². The summed E-state index contributed by atoms with van der Waals surface area (Å²) >= 11 is -3.91. The molecule has 2 aliphatic rings. The van der Waals surface area contributed by atoms with Gasteiger partial charge in [0.05, 0.1) is 0 Å². The van der Waals surface area contributed by atoms with Crippen LogP contribution in [0.3, 0.4) is 0 Å². The number of hydrogen-bond acceptors (Lipinski definition) is 0. The first-order chi connectivity index (χ1) is 22.4. The maximum Gasteiger partial charge on any atom is -0.147 e. The topological polar surface area (TPSA) is 0 Å². The Morgan fingerprint density at radius 1 is 0.620 bits per heavy atom. The van der Waals surface area contributed by atoms with Gasteiger partial charge in [0.2, 0.25) is 0 Å². The number of benzene rings is 4. The van der Waals surface area contributed by atoms with Crippen LogP contribution in [-0.2, 0) is 50.9 Å². The van der Waals surface area contributed by atoms with Crippen LogP contribution < -0.4 is 3.27 Å². The van der Waals surface area contributed by atoms with Gasteiger partial charge >= 0.3 is 288 Å². The molecular formula is C41H40Cl2F6Zr. The van der Waals surface area contributed by atoms with E-state index in [9.17, 15) is 26.3 Å². The van der Waals surface area contributed by atoms with Crippen LogP contribution in [0.2, 0.25) is 0 Å². The molecule has 0 radical (unpaired) electrons. The van der Waals surface area contributed by atoms with Crippen LogP contribution >= 0.6 is 24.8 Å². The molecule has 0 atom stereocenters. The van der Waals surface area contributed by atoms with Crippen molar-refractivity contribution < 1.29 is 47.6 Å². The summed E-state index contributed by atoms with van der Waals surface area (Å²) in [6, 6.07) is 21.2. The molecule has 0 saturated heterocycles. The zero-order chi connectivity index (χ0) is 34.8. The van der Waals surface area contributed by atoms with Gasteiger partial charge < -0.3 is 0 Å². The third-order valence-corrected chi connectivity index (χ3v) is 16.8. The van der Waals surface area contributed by atoms with Crippen molar-refractivity contribution >= 4 is 31.3 Å². The van der Waals surface area contributed by atoms with Gasteiger partial charge in [-0.25, -0.2) is 0 Å². The van der Waals surface area contributed by atoms with Crippen molar-refractivity contribution in [3.8, 4) is 11.1 Å². The van der Waals surface area contributed by atoms with Crippen molar-refractivity contribution in [3.63, 3.8) is 0 Å². The molecule has 0 unspecified atom stereocenters. The minimum atomic E-state index is -4.76. The minimum absolute atomic E-state index is 0. The molecule has 0 saturated carbocycles. The Morgan fingerprint density at radius 2 is 1.14 bits per heavy atom. The molecule has 264 valence electrons. The molecular weight excluding hydrogens is 769 g/mol. The Labute approximate surface area is 310 Å². The predicted molar refractivity (Wildman–Crippen MR) is 194 cm³/mol. The molecule has 0 fully saturated rings. The van der Waals surface area contributed by atoms with Gasteiger partial charge in [-0.15, -0.1) is 24.8 Å². The van der Waals surface area contributed by atoms with E-state index in [1.807, 2.05) is 18.2 Å². The van der Waals surface area contributed by atoms with Crippen molar-refractivity contribution in [2.24, 2.45) is 0 Å². The van der Waals surface area contributed by atoms with Crippen molar-refractivity contribution in [2.45, 2.75) is 77.6 Å². The molecule has 9 heteroatoms. The number of alkyl halides is 6. The maximum atomic E-state index is 14.8. The van der Waals surface area contributed by atoms with Gasteiger partial charge in [0.15, 0.2) is 0 Å². The fourth-order valence-corrected chi connectivity index (χ4v) is 15.0. The largest absolute Gasteiger partial charge is 0.147 e. The van der Waals surface area contributed by atoms with Crippen LogP contribution in [0, 0.1) is 0 Å². The molecule has 0 spiro atoms. The molecule has 0 aliphatic heterocycles. The molecule has 0 nitrogen and oxygen atoms in total. The van der Waals surface area contributed by atoms with E-state index in [0.29, 0.717) is 12.8 Å². The SMILES string of the molecule is CC(C)(C)c1ccc2c(c1)-c1cc(C(C)(C)C)c[c]([Zr]([C]3=CC=CC3)=[C](c3ccccc3C(F)(F)F)c3ccccc3C(F)(F)F)c1C2.Cl.Cl. The normalized spacial score (nSPS) is 14.0. The van der Waals surface area contributed by atoms with E-state index >= 15 is 0 Å². The fourth-order valence-electron chi connectivity index (χ4n) is 6.81. The molecule has 0 bridgehead atoms. The first kappa shape index (κ1) is 40.0. The van der Waals surface area contributed by atoms with E-state index in [-0.39, 0.29) is 50.0 Å². The van der Waals surface area contributed by atoms with E-state index in [1.54, 1.807) is 0 Å². The van der Waals surface area contributed by atoms with Gasteiger partial charge in [-0.1, -0.05) is 0 Å². The second kappa shape index (κ2) is 14.4. The third-order valence-electron chi connectivity index (χ3n) is 9.36. The van der Waals surface area contributed by atoms with Crippen LogP contribution in [-0.4, -0.2) is 3.21 Å². The number of allylic oxidation sites excluding steroid dienone is 4. The number of rotatable bonds is 4. The maximum absolute atomic E-state index is 14.8. The van der Waals surface area contributed by atoms with Gasteiger partial charge in [0.25, 0.3) is 0 Å². The molecule has 50 heavy (non-hydrogen) atoms. The summed E-state index contributed by atoms with van der Waals surface area (Å²) in [6.45, 7) is 12.8. The van der Waals surface area contributed by atoms with Gasteiger partial charge in [0, 0.05) is 0 Å². The van der Waals surface area contributed by atoms with E-state index in [2.05, 4.69) is 71.9 Å². The summed E-state index contributed by atoms with van der Waals surface area (Å²) in [6.07, 6.45) is -2.67. The van der Waals surface area contributed by atoms with Crippen molar-refractivity contribution in [1.29, 1.82) is 0 Å². The summed E-state index contributed by atoms with van der Waals surface area (Å²) in [5, 5.41) is 0. The Morgan fingerprint density at radius 3 is 1.62 bits per heavy atom. The van der Waals surface area contributed by atoms with Gasteiger partial charge in [-0.2, -0.15) is 0 Å². The van der Waals surface area contributed by atoms with Gasteiger partial charge in [-0.3, -0.25) is 0 Å². The first-order valence-corrected chi connectivity index (χ1v) is 19.8. The molecule has 0 amide bonds. The number of fused-ring (bicyclic) bond motifs is 3. The first-order valence-electron chi connectivity index (χ1n) is 16.1. The molecule has 0 aromatic heterocycles. The zero-order valence-corrected chi connectivity index (χ0v) is 32.8. The van der Waals surface area contributed by atoms with Crippen molar-refractivity contribution in [1.82, 2.24) is 0 Å². The smallest absolute Gasteiger partial charge is 0.147 e. The van der Waals surface area contributed by atoms with E-state index < -0.39 is 44.7 Å². The average Bonchev–Trinajstić information content (AvgIpc) is 3.66.